The highest BCUT2D eigenvalue weighted by molar-refractivity contribution is 7.90. The maximum absolute atomic E-state index is 11.9. The minimum Gasteiger partial charge on any atom is -0.495 e. The molecule has 0 saturated heterocycles. The maximum Gasteiger partial charge on any atom is 0.289 e. The highest BCUT2D eigenvalue weighted by atomic mass is 32.2. The number of methoxy groups -OCH3 is 2. The third-order valence-corrected chi connectivity index (χ3v) is 3.35. The monoisotopic (exact) mass is 274 g/mol. The van der Waals surface area contributed by atoms with Crippen LogP contribution in [0.3, 0.4) is 0 Å². The fourth-order valence-electron chi connectivity index (χ4n) is 1.28. The van der Waals surface area contributed by atoms with Gasteiger partial charge in [0.25, 0.3) is 10.0 Å². The zero-order chi connectivity index (χ0) is 13.9. The fourth-order valence-corrected chi connectivity index (χ4v) is 2.33. The molecule has 1 aromatic rings. The molecule has 100 valence electrons. The number of guanidine groups is 1. The van der Waals surface area contributed by atoms with Crippen LogP contribution in [0.2, 0.25) is 0 Å². The first-order valence-electron chi connectivity index (χ1n) is 4.69. The van der Waals surface area contributed by atoms with Crippen molar-refractivity contribution in [2.45, 2.75) is 4.90 Å². The second-order valence-electron chi connectivity index (χ2n) is 3.24. The molecule has 1 rings (SSSR count). The summed E-state index contributed by atoms with van der Waals surface area (Å²) in [5.41, 5.74) is 15.9. The Kier molecular flexibility index (Phi) is 3.86. The molecule has 0 saturated carbocycles. The number of nitrogen functional groups attached to an aromatic ring is 1. The molecule has 0 bridgehead atoms. The number of hydrogen-bond acceptors (Lipinski definition) is 5. The lowest BCUT2D eigenvalue weighted by molar-refractivity contribution is 0.387. The highest BCUT2D eigenvalue weighted by Crippen LogP contribution is 2.34. The van der Waals surface area contributed by atoms with Gasteiger partial charge < -0.3 is 26.7 Å². The first-order valence-corrected chi connectivity index (χ1v) is 6.13. The molecule has 0 unspecified atom stereocenters. The molecule has 18 heavy (non-hydrogen) atoms. The van der Waals surface area contributed by atoms with Gasteiger partial charge in [0, 0.05) is 6.07 Å². The van der Waals surface area contributed by atoms with E-state index in [9.17, 15) is 8.42 Å². The Morgan fingerprint density at radius 1 is 1.17 bits per heavy atom. The first-order chi connectivity index (χ1) is 8.31. The van der Waals surface area contributed by atoms with Crippen molar-refractivity contribution in [1.29, 1.82) is 0 Å². The summed E-state index contributed by atoms with van der Waals surface area (Å²) in [6.45, 7) is 0. The standard InChI is InChI=1S/C9H14N4O4S/c1-16-6-4-7(17-2)8(3-5(6)10)18(14,15)13-9(11)12/h3-4H,10H2,1-2H3,(H4,11,12,13). The van der Waals surface area contributed by atoms with E-state index in [0.29, 0.717) is 0 Å². The molecule has 0 aliphatic rings. The second kappa shape index (κ2) is 5.00. The Labute approximate surface area is 104 Å². The van der Waals surface area contributed by atoms with E-state index in [1.165, 1.54) is 26.4 Å². The normalized spacial score (nSPS) is 10.8. The summed E-state index contributed by atoms with van der Waals surface area (Å²) in [5, 5.41) is 0. The van der Waals surface area contributed by atoms with Crippen LogP contribution in [0, 0.1) is 0 Å². The van der Waals surface area contributed by atoms with Gasteiger partial charge in [0.2, 0.25) is 5.96 Å². The van der Waals surface area contributed by atoms with Crippen LogP contribution >= 0.6 is 0 Å². The van der Waals surface area contributed by atoms with E-state index in [4.69, 9.17) is 26.7 Å². The van der Waals surface area contributed by atoms with E-state index in [2.05, 4.69) is 4.40 Å². The molecule has 8 nitrogen and oxygen atoms in total. The molecule has 0 radical (unpaired) electrons. The van der Waals surface area contributed by atoms with E-state index in [1.807, 2.05) is 0 Å². The van der Waals surface area contributed by atoms with Gasteiger partial charge in [-0.15, -0.1) is 4.40 Å². The molecular formula is C9H14N4O4S. The largest absolute Gasteiger partial charge is 0.495 e. The number of nitrogens with two attached hydrogens (primary N) is 3. The molecule has 0 aromatic heterocycles. The van der Waals surface area contributed by atoms with Gasteiger partial charge in [-0.05, 0) is 6.07 Å². The average molecular weight is 274 g/mol. The lowest BCUT2D eigenvalue weighted by Gasteiger charge is -2.11. The van der Waals surface area contributed by atoms with Crippen LogP contribution in [0.15, 0.2) is 21.4 Å². The lowest BCUT2D eigenvalue weighted by atomic mass is 10.3. The van der Waals surface area contributed by atoms with Crippen LogP contribution in [0.1, 0.15) is 0 Å². The molecule has 0 fully saturated rings. The first kappa shape index (κ1) is 13.9. The lowest BCUT2D eigenvalue weighted by Crippen LogP contribution is -2.24. The summed E-state index contributed by atoms with van der Waals surface area (Å²) in [5.74, 6) is -0.256. The number of rotatable bonds is 4. The number of sulfonamides is 1. The van der Waals surface area contributed by atoms with Crippen LogP contribution in [0.5, 0.6) is 11.5 Å². The smallest absolute Gasteiger partial charge is 0.289 e. The van der Waals surface area contributed by atoms with Crippen LogP contribution in [-0.2, 0) is 10.0 Å². The maximum atomic E-state index is 11.9. The molecule has 1 aromatic carbocycles. The Hall–Kier alpha value is -2.16. The van der Waals surface area contributed by atoms with Gasteiger partial charge in [-0.1, -0.05) is 0 Å². The van der Waals surface area contributed by atoms with Crippen molar-refractivity contribution >= 4 is 21.7 Å². The molecule has 0 aliphatic heterocycles. The fraction of sp³-hybridized carbons (Fsp3) is 0.222. The summed E-state index contributed by atoms with van der Waals surface area (Å²) in [6, 6.07) is 2.50. The van der Waals surface area contributed by atoms with Gasteiger partial charge in [0.05, 0.1) is 19.9 Å². The Morgan fingerprint density at radius 3 is 2.17 bits per heavy atom. The van der Waals surface area contributed by atoms with Gasteiger partial charge in [-0.3, -0.25) is 0 Å². The minimum atomic E-state index is -4.07. The van der Waals surface area contributed by atoms with Gasteiger partial charge in [-0.2, -0.15) is 8.42 Å². The van der Waals surface area contributed by atoms with Crippen molar-refractivity contribution in [3.05, 3.63) is 12.1 Å². The molecule has 0 amide bonds. The number of ether oxygens (including phenoxy) is 2. The van der Waals surface area contributed by atoms with E-state index in [-0.39, 0.29) is 22.1 Å². The summed E-state index contributed by atoms with van der Waals surface area (Å²) >= 11 is 0. The van der Waals surface area contributed by atoms with Gasteiger partial charge >= 0.3 is 0 Å². The summed E-state index contributed by atoms with van der Waals surface area (Å²) in [4.78, 5) is -0.239. The van der Waals surface area contributed by atoms with E-state index in [0.717, 1.165) is 0 Å². The SMILES string of the molecule is COc1cc(OC)c(S(=O)(=O)N=C(N)N)cc1N. The Balaban J connectivity index is 3.51. The summed E-state index contributed by atoms with van der Waals surface area (Å²) in [6.07, 6.45) is 0. The predicted octanol–water partition coefficient (Wildman–Crippen LogP) is -0.752. The summed E-state index contributed by atoms with van der Waals surface area (Å²) < 4.78 is 36.7. The third kappa shape index (κ3) is 2.74. The molecule has 0 aliphatic carbocycles. The average Bonchev–Trinajstić information content (AvgIpc) is 2.27. The van der Waals surface area contributed by atoms with E-state index >= 15 is 0 Å². The zero-order valence-corrected chi connectivity index (χ0v) is 10.7. The van der Waals surface area contributed by atoms with Gasteiger partial charge in [0.1, 0.15) is 16.4 Å². The zero-order valence-electron chi connectivity index (χ0n) is 9.88. The van der Waals surface area contributed by atoms with E-state index < -0.39 is 16.0 Å². The molecule has 9 heteroatoms. The number of benzene rings is 1. The van der Waals surface area contributed by atoms with Gasteiger partial charge in [0.15, 0.2) is 0 Å². The third-order valence-electron chi connectivity index (χ3n) is 2.02. The highest BCUT2D eigenvalue weighted by Gasteiger charge is 2.21. The number of hydrogen-bond donors (Lipinski definition) is 3. The number of anilines is 1. The molecular weight excluding hydrogens is 260 g/mol. The van der Waals surface area contributed by atoms with Crippen LogP contribution in [0.4, 0.5) is 5.69 Å². The molecule has 0 heterocycles. The predicted molar refractivity (Wildman–Crippen MR) is 67.0 cm³/mol. The van der Waals surface area contributed by atoms with Crippen molar-refractivity contribution < 1.29 is 17.9 Å². The quantitative estimate of drug-likeness (QED) is 0.372. The van der Waals surface area contributed by atoms with Crippen molar-refractivity contribution in [2.75, 3.05) is 20.0 Å². The molecule has 6 N–H and O–H groups in total. The van der Waals surface area contributed by atoms with E-state index in [1.54, 1.807) is 0 Å². The van der Waals surface area contributed by atoms with Crippen molar-refractivity contribution in [1.82, 2.24) is 0 Å². The Bertz CT molecular complexity index is 578. The Morgan fingerprint density at radius 2 is 1.72 bits per heavy atom. The summed E-state index contributed by atoms with van der Waals surface area (Å²) in [7, 11) is -1.37. The van der Waals surface area contributed by atoms with Crippen LogP contribution < -0.4 is 26.7 Å². The van der Waals surface area contributed by atoms with Crippen molar-refractivity contribution in [2.24, 2.45) is 15.9 Å². The minimum absolute atomic E-state index is 0.0334. The van der Waals surface area contributed by atoms with Crippen molar-refractivity contribution in [3.8, 4) is 11.5 Å². The van der Waals surface area contributed by atoms with Crippen LogP contribution in [-0.4, -0.2) is 28.6 Å². The van der Waals surface area contributed by atoms with Gasteiger partial charge in [-0.25, -0.2) is 0 Å². The molecule has 0 atom stereocenters. The topological polar surface area (TPSA) is 143 Å². The van der Waals surface area contributed by atoms with Crippen molar-refractivity contribution in [3.63, 3.8) is 0 Å². The van der Waals surface area contributed by atoms with Crippen LogP contribution in [0.25, 0.3) is 0 Å². The molecule has 0 spiro atoms. The second-order valence-corrected chi connectivity index (χ2v) is 4.81. The number of nitrogens with zero attached hydrogens (tertiary/aromatic N) is 1.